The smallest absolute Gasteiger partial charge is 0.0462 e. The van der Waals surface area contributed by atoms with E-state index in [-0.39, 0.29) is 16.2 Å². The average Bonchev–Trinajstić information content (AvgIpc) is 3.89. The topological polar surface area (TPSA) is 3.24 Å². The van der Waals surface area contributed by atoms with Crippen molar-refractivity contribution in [3.05, 3.63) is 222 Å². The molecule has 0 aliphatic heterocycles. The molecule has 2 heteroatoms. The third kappa shape index (κ3) is 7.41. The van der Waals surface area contributed by atoms with E-state index in [2.05, 4.69) is 260 Å². The number of thiophene rings is 1. The molecule has 0 amide bonds. The van der Waals surface area contributed by atoms with Crippen LogP contribution in [0.25, 0.3) is 86.2 Å². The third-order valence-corrected chi connectivity index (χ3v) is 17.8. The van der Waals surface area contributed by atoms with Crippen molar-refractivity contribution in [2.45, 2.75) is 84.5 Å². The Kier molecular flexibility index (Phi) is 10.7. The molecule has 1 heterocycles. The second-order valence-electron chi connectivity index (χ2n) is 21.7. The first kappa shape index (κ1) is 44.9. The minimum atomic E-state index is -0.0861. The quantitative estimate of drug-likeness (QED) is 0.124. The summed E-state index contributed by atoms with van der Waals surface area (Å²) in [5, 5.41) is 7.70. The Morgan fingerprint density at radius 2 is 0.803 bits per heavy atom. The van der Waals surface area contributed by atoms with E-state index in [0.717, 1.165) is 29.9 Å². The summed E-state index contributed by atoms with van der Waals surface area (Å²) in [6.07, 6.45) is 2.19. The number of benzene rings is 10. The molecule has 11 aromatic rings. The van der Waals surface area contributed by atoms with Crippen LogP contribution in [0.3, 0.4) is 0 Å². The molecule has 1 nitrogen and oxygen atoms in total. The fraction of sp³-hybridized carbons (Fsp3) is 0.188. The van der Waals surface area contributed by atoms with Crippen LogP contribution >= 0.6 is 11.3 Å². The molecule has 0 bridgehead atoms. The van der Waals surface area contributed by atoms with Crippen molar-refractivity contribution < 1.29 is 0 Å². The largest absolute Gasteiger partial charge is 0.311 e. The molecule has 10 aromatic carbocycles. The molecular weight excluding hydrogens is 875 g/mol. The third-order valence-electron chi connectivity index (χ3n) is 16.6. The Morgan fingerprint density at radius 3 is 1.38 bits per heavy atom. The first-order valence-electron chi connectivity index (χ1n) is 25.6. The minimum absolute atomic E-state index is 0.0861. The molecule has 1 aromatic heterocycles. The highest BCUT2D eigenvalue weighted by Crippen LogP contribution is 2.52. The van der Waals surface area contributed by atoms with Gasteiger partial charge >= 0.3 is 0 Å². The molecule has 0 unspecified atom stereocenters. The van der Waals surface area contributed by atoms with Gasteiger partial charge in [-0.25, -0.2) is 0 Å². The van der Waals surface area contributed by atoms with E-state index in [9.17, 15) is 0 Å². The van der Waals surface area contributed by atoms with E-state index in [0.29, 0.717) is 0 Å². The van der Waals surface area contributed by atoms with Gasteiger partial charge in [-0.2, -0.15) is 0 Å². The van der Waals surface area contributed by atoms with Crippen LogP contribution in [0.1, 0.15) is 90.5 Å². The number of rotatable bonds is 10. The summed E-state index contributed by atoms with van der Waals surface area (Å²) in [6.45, 7) is 18.8. The van der Waals surface area contributed by atoms with Crippen molar-refractivity contribution in [2.75, 3.05) is 4.90 Å². The monoisotopic (exact) mass is 935 g/mol. The van der Waals surface area contributed by atoms with Gasteiger partial charge in [0.1, 0.15) is 0 Å². The summed E-state index contributed by atoms with van der Waals surface area (Å²) in [6, 6.07) is 76.0. The second kappa shape index (κ2) is 17.0. The number of fused-ring (bicyclic) bond motifs is 8. The van der Waals surface area contributed by atoms with Gasteiger partial charge in [-0.1, -0.05) is 195 Å². The molecule has 0 atom stereocenters. The van der Waals surface area contributed by atoms with Gasteiger partial charge in [-0.05, 0) is 173 Å². The van der Waals surface area contributed by atoms with Crippen molar-refractivity contribution >= 4 is 70.1 Å². The molecule has 1 aliphatic carbocycles. The van der Waals surface area contributed by atoms with Gasteiger partial charge in [0.2, 0.25) is 0 Å². The molecule has 0 spiro atoms. The average molecular weight is 936 g/mol. The molecule has 12 rings (SSSR count). The zero-order valence-electron chi connectivity index (χ0n) is 42.3. The van der Waals surface area contributed by atoms with E-state index in [4.69, 9.17) is 0 Å². The van der Waals surface area contributed by atoms with Crippen molar-refractivity contribution in [1.82, 2.24) is 0 Å². The van der Waals surface area contributed by atoms with Crippen LogP contribution in [0, 0.1) is 0 Å². The van der Waals surface area contributed by atoms with Crippen molar-refractivity contribution in [1.29, 1.82) is 0 Å². The predicted octanol–water partition coefficient (Wildman–Crippen LogP) is 20.5. The van der Waals surface area contributed by atoms with Crippen molar-refractivity contribution in [3.63, 3.8) is 0 Å². The zero-order valence-corrected chi connectivity index (χ0v) is 43.1. The molecule has 1 aliphatic rings. The lowest BCUT2D eigenvalue weighted by molar-refractivity contribution is 0.504. The van der Waals surface area contributed by atoms with Gasteiger partial charge in [-0.3, -0.25) is 0 Å². The molecule has 71 heavy (non-hydrogen) atoms. The van der Waals surface area contributed by atoms with Crippen LogP contribution in [0.2, 0.25) is 0 Å². The van der Waals surface area contributed by atoms with Crippen LogP contribution in [-0.2, 0) is 16.2 Å². The summed E-state index contributed by atoms with van der Waals surface area (Å²) in [5.74, 6) is 0. The Labute approximate surface area is 424 Å². The Hall–Kier alpha value is -7.26. The number of hydrogen-bond donors (Lipinski definition) is 0. The lowest BCUT2D eigenvalue weighted by Crippen LogP contribution is -2.19. The summed E-state index contributed by atoms with van der Waals surface area (Å²) < 4.78 is 2.66. The summed E-state index contributed by atoms with van der Waals surface area (Å²) in [5.41, 5.74) is 19.4. The fourth-order valence-corrected chi connectivity index (χ4v) is 12.6. The lowest BCUT2D eigenvalue weighted by Gasteiger charge is -2.28. The zero-order chi connectivity index (χ0) is 48.8. The van der Waals surface area contributed by atoms with Crippen molar-refractivity contribution in [3.8, 4) is 44.5 Å². The molecule has 0 N–H and O–H groups in total. The highest BCUT2D eigenvalue weighted by molar-refractivity contribution is 7.25. The van der Waals surface area contributed by atoms with E-state index in [1.165, 1.54) is 108 Å². The van der Waals surface area contributed by atoms with Crippen LogP contribution in [-0.4, -0.2) is 0 Å². The first-order chi connectivity index (χ1) is 34.3. The second-order valence-corrected chi connectivity index (χ2v) is 22.8. The molecule has 348 valence electrons. The van der Waals surface area contributed by atoms with Gasteiger partial charge in [-0.15, -0.1) is 11.3 Å². The molecular formula is C69H61NS. The lowest BCUT2D eigenvalue weighted by atomic mass is 9.77. The maximum absolute atomic E-state index is 2.49. The van der Waals surface area contributed by atoms with Crippen molar-refractivity contribution in [2.24, 2.45) is 0 Å². The van der Waals surface area contributed by atoms with Crippen LogP contribution in [0.15, 0.2) is 200 Å². The van der Waals surface area contributed by atoms with E-state index in [1.807, 2.05) is 11.3 Å². The standard InChI is InChI=1S/C69H61NS/c1-9-67(3,4)48-29-36-52(37-30-48)70(50-32-23-44(24-33-50)46-27-38-53-54-39-31-49(68(5,6)10-2)43-62(54)69(7,8)61(53)42-46)51-34-25-45(26-35-51)65-56-18-11-13-20-58(56)66(59-21-14-12-19-57(59)65)47-28-40-64-60(41-47)55-17-15-16-22-63(55)71-64/h11-43H,9-10H2,1-8H3. The molecule has 0 fully saturated rings. The van der Waals surface area contributed by atoms with Gasteiger partial charge in [0.15, 0.2) is 0 Å². The minimum Gasteiger partial charge on any atom is -0.311 e. The summed E-state index contributed by atoms with van der Waals surface area (Å²) >= 11 is 1.87. The van der Waals surface area contributed by atoms with E-state index in [1.54, 1.807) is 0 Å². The maximum atomic E-state index is 2.49. The SMILES string of the molecule is CCC(C)(C)c1ccc(N(c2ccc(-c3ccc4c(c3)C(C)(C)c3cc(C(C)(C)CC)ccc3-4)cc2)c2ccc(-c3c4ccccc4c(-c4ccc5sc6ccccc6c5c4)c4ccccc34)cc2)cc1. The van der Waals surface area contributed by atoms with Gasteiger partial charge in [0, 0.05) is 42.6 Å². The summed E-state index contributed by atoms with van der Waals surface area (Å²) in [7, 11) is 0. The van der Waals surface area contributed by atoms with Crippen LogP contribution in [0.4, 0.5) is 17.1 Å². The normalized spacial score (nSPS) is 13.3. The number of anilines is 3. The van der Waals surface area contributed by atoms with E-state index < -0.39 is 0 Å². The number of nitrogens with zero attached hydrogens (tertiary/aromatic N) is 1. The molecule has 0 saturated heterocycles. The van der Waals surface area contributed by atoms with Crippen LogP contribution in [0.5, 0.6) is 0 Å². The molecule has 0 saturated carbocycles. The van der Waals surface area contributed by atoms with Gasteiger partial charge < -0.3 is 4.90 Å². The highest BCUT2D eigenvalue weighted by atomic mass is 32.1. The number of hydrogen-bond acceptors (Lipinski definition) is 2. The Bertz CT molecular complexity index is 3790. The van der Waals surface area contributed by atoms with Gasteiger partial charge in [0.05, 0.1) is 0 Å². The highest BCUT2D eigenvalue weighted by Gasteiger charge is 2.37. The Balaban J connectivity index is 0.932. The first-order valence-corrected chi connectivity index (χ1v) is 26.4. The molecule has 0 radical (unpaired) electrons. The van der Waals surface area contributed by atoms with Crippen LogP contribution < -0.4 is 4.90 Å². The predicted molar refractivity (Wildman–Crippen MR) is 310 cm³/mol. The summed E-state index contributed by atoms with van der Waals surface area (Å²) in [4.78, 5) is 2.41. The maximum Gasteiger partial charge on any atom is 0.0462 e. The fourth-order valence-electron chi connectivity index (χ4n) is 11.5. The van der Waals surface area contributed by atoms with Gasteiger partial charge in [0.25, 0.3) is 0 Å². The Morgan fingerprint density at radius 1 is 0.380 bits per heavy atom. The van der Waals surface area contributed by atoms with E-state index >= 15 is 0 Å².